The fourth-order valence-electron chi connectivity index (χ4n) is 4.93. The minimum Gasteiger partial charge on any atom is -0.393 e. The van der Waals surface area contributed by atoms with Crippen LogP contribution >= 0.6 is 0 Å². The van der Waals surface area contributed by atoms with E-state index >= 15 is 0 Å². The van der Waals surface area contributed by atoms with Crippen molar-refractivity contribution in [2.45, 2.75) is 63.4 Å². The molecule has 1 aromatic heterocycles. The van der Waals surface area contributed by atoms with Gasteiger partial charge in [-0.1, -0.05) is 12.1 Å². The average Bonchev–Trinajstić information content (AvgIpc) is 2.61. The highest BCUT2D eigenvalue weighted by Crippen LogP contribution is 2.41. The van der Waals surface area contributed by atoms with Gasteiger partial charge < -0.3 is 10.2 Å². The number of benzene rings is 1. The van der Waals surface area contributed by atoms with Crippen molar-refractivity contribution >= 4 is 10.9 Å². The van der Waals surface area contributed by atoms with Gasteiger partial charge in [0.1, 0.15) is 0 Å². The maximum atomic E-state index is 12.8. The zero-order chi connectivity index (χ0) is 18.5. The summed E-state index contributed by atoms with van der Waals surface area (Å²) in [6, 6.07) is 7.33. The van der Waals surface area contributed by atoms with Gasteiger partial charge in [0, 0.05) is 24.0 Å². The molecule has 2 aromatic rings. The van der Waals surface area contributed by atoms with E-state index in [1.807, 2.05) is 18.2 Å². The van der Waals surface area contributed by atoms with Crippen LogP contribution in [-0.4, -0.2) is 55.0 Å². The van der Waals surface area contributed by atoms with E-state index in [1.165, 1.54) is 0 Å². The van der Waals surface area contributed by atoms with Crippen molar-refractivity contribution in [3.05, 3.63) is 40.9 Å². The molecule has 0 unspecified atom stereocenters. The van der Waals surface area contributed by atoms with Gasteiger partial charge in [-0.25, -0.2) is 4.98 Å². The second kappa shape index (κ2) is 6.44. The van der Waals surface area contributed by atoms with Crippen molar-refractivity contribution in [3.8, 4) is 0 Å². The number of rotatable bonds is 2. The van der Waals surface area contributed by atoms with Crippen LogP contribution in [0.3, 0.4) is 0 Å². The van der Waals surface area contributed by atoms with Gasteiger partial charge in [-0.15, -0.1) is 0 Å². The molecule has 0 aliphatic carbocycles. The molecule has 2 saturated heterocycles. The fraction of sp³-hybridized carbons (Fsp3) is 0.600. The van der Waals surface area contributed by atoms with Crippen molar-refractivity contribution < 1.29 is 10.2 Å². The molecule has 26 heavy (non-hydrogen) atoms. The standard InChI is InChI=1S/C20H27N3O3/c1-20(2)14(18(25)10-16-17(24)8-5-9-23(16)20)11-22-12-21-15-7-4-3-6-13(15)19(22)26/h3-4,6-7,12,14,16-18,24-25H,5,8-11H2,1-2H3/t14-,16+,17-,18-/m0/s1. The zero-order valence-corrected chi connectivity index (χ0v) is 15.4. The van der Waals surface area contributed by atoms with Crippen molar-refractivity contribution in [3.63, 3.8) is 0 Å². The van der Waals surface area contributed by atoms with Crippen LogP contribution in [0, 0.1) is 5.92 Å². The molecule has 0 bridgehead atoms. The SMILES string of the molecule is CC1(C)[C@@H](Cn2cnc3ccccc3c2=O)[C@@H](O)C[C@@H]2[C@@H](O)CCCN21. The Bertz CT molecular complexity index is 863. The molecule has 3 heterocycles. The van der Waals surface area contributed by atoms with E-state index < -0.39 is 6.10 Å². The quantitative estimate of drug-likeness (QED) is 0.849. The lowest BCUT2D eigenvalue weighted by Crippen LogP contribution is -2.67. The molecule has 2 N–H and O–H groups in total. The van der Waals surface area contributed by atoms with Crippen LogP contribution in [0.25, 0.3) is 10.9 Å². The summed E-state index contributed by atoms with van der Waals surface area (Å²) in [4.78, 5) is 19.6. The largest absolute Gasteiger partial charge is 0.393 e. The van der Waals surface area contributed by atoms with Gasteiger partial charge in [0.15, 0.2) is 0 Å². The molecule has 6 nitrogen and oxygen atoms in total. The number of fused-ring (bicyclic) bond motifs is 2. The van der Waals surface area contributed by atoms with Gasteiger partial charge in [0.2, 0.25) is 0 Å². The van der Waals surface area contributed by atoms with Gasteiger partial charge in [0.25, 0.3) is 5.56 Å². The predicted octanol–water partition coefficient (Wildman–Crippen LogP) is 1.38. The summed E-state index contributed by atoms with van der Waals surface area (Å²) >= 11 is 0. The van der Waals surface area contributed by atoms with Crippen molar-refractivity contribution in [2.75, 3.05) is 6.54 Å². The third kappa shape index (κ3) is 2.76. The van der Waals surface area contributed by atoms with Gasteiger partial charge in [-0.2, -0.15) is 0 Å². The highest BCUT2D eigenvalue weighted by molar-refractivity contribution is 5.76. The van der Waals surface area contributed by atoms with Crippen LogP contribution in [0.1, 0.15) is 33.1 Å². The molecule has 0 spiro atoms. The zero-order valence-electron chi connectivity index (χ0n) is 15.4. The van der Waals surface area contributed by atoms with Crippen molar-refractivity contribution in [1.29, 1.82) is 0 Å². The van der Waals surface area contributed by atoms with E-state index in [0.717, 1.165) is 19.4 Å². The number of nitrogens with zero attached hydrogens (tertiary/aromatic N) is 3. The summed E-state index contributed by atoms with van der Waals surface area (Å²) in [6.45, 7) is 5.57. The molecule has 140 valence electrons. The van der Waals surface area contributed by atoms with E-state index in [4.69, 9.17) is 0 Å². The van der Waals surface area contributed by atoms with Crippen molar-refractivity contribution in [2.24, 2.45) is 5.92 Å². The Morgan fingerprint density at radius 3 is 2.81 bits per heavy atom. The first kappa shape index (κ1) is 17.6. The number of hydrogen-bond donors (Lipinski definition) is 2. The summed E-state index contributed by atoms with van der Waals surface area (Å²) in [5.74, 6) is -0.107. The van der Waals surface area contributed by atoms with E-state index in [2.05, 4.69) is 23.7 Å². The summed E-state index contributed by atoms with van der Waals surface area (Å²) in [6.07, 6.45) is 2.95. The third-order valence-corrected chi connectivity index (χ3v) is 6.46. The van der Waals surface area contributed by atoms with Gasteiger partial charge in [-0.05, 0) is 51.8 Å². The Morgan fingerprint density at radius 1 is 1.23 bits per heavy atom. The smallest absolute Gasteiger partial charge is 0.261 e. The van der Waals surface area contributed by atoms with Crippen LogP contribution in [0.4, 0.5) is 0 Å². The number of aromatic nitrogens is 2. The molecule has 0 saturated carbocycles. The maximum Gasteiger partial charge on any atom is 0.261 e. The molecular formula is C20H27N3O3. The number of para-hydroxylation sites is 1. The number of piperidine rings is 2. The van der Waals surface area contributed by atoms with Gasteiger partial charge >= 0.3 is 0 Å². The Kier molecular flexibility index (Phi) is 4.37. The van der Waals surface area contributed by atoms with Crippen LogP contribution < -0.4 is 5.56 Å². The minimum atomic E-state index is -0.558. The first-order chi connectivity index (χ1) is 12.4. The number of aliphatic hydroxyl groups is 2. The fourth-order valence-corrected chi connectivity index (χ4v) is 4.93. The molecule has 2 aliphatic rings. The van der Waals surface area contributed by atoms with E-state index in [0.29, 0.717) is 23.9 Å². The lowest BCUT2D eigenvalue weighted by atomic mass is 9.71. The molecule has 2 fully saturated rings. The van der Waals surface area contributed by atoms with E-state index in [1.54, 1.807) is 17.0 Å². The van der Waals surface area contributed by atoms with Crippen LogP contribution in [0.5, 0.6) is 0 Å². The monoisotopic (exact) mass is 357 g/mol. The minimum absolute atomic E-state index is 0.00329. The molecule has 4 rings (SSSR count). The van der Waals surface area contributed by atoms with Crippen LogP contribution in [0.2, 0.25) is 0 Å². The molecule has 2 aliphatic heterocycles. The second-order valence-electron chi connectivity index (χ2n) is 8.25. The Labute approximate surface area is 153 Å². The summed E-state index contributed by atoms with van der Waals surface area (Å²) in [5.41, 5.74) is 0.310. The maximum absolute atomic E-state index is 12.8. The number of aliphatic hydroxyl groups excluding tert-OH is 2. The molecule has 0 radical (unpaired) electrons. The topological polar surface area (TPSA) is 78.6 Å². The number of hydrogen-bond acceptors (Lipinski definition) is 5. The molecule has 0 amide bonds. The molecular weight excluding hydrogens is 330 g/mol. The summed E-state index contributed by atoms with van der Waals surface area (Å²) in [5, 5.41) is 21.8. The molecule has 4 atom stereocenters. The van der Waals surface area contributed by atoms with Gasteiger partial charge in [0.05, 0.1) is 29.4 Å². The van der Waals surface area contributed by atoms with Gasteiger partial charge in [-0.3, -0.25) is 14.3 Å². The van der Waals surface area contributed by atoms with E-state index in [9.17, 15) is 15.0 Å². The summed E-state index contributed by atoms with van der Waals surface area (Å²) in [7, 11) is 0. The Hall–Kier alpha value is -1.76. The Balaban J connectivity index is 1.67. The third-order valence-electron chi connectivity index (χ3n) is 6.46. The normalized spacial score (nSPS) is 31.7. The highest BCUT2D eigenvalue weighted by atomic mass is 16.3. The molecule has 6 heteroatoms. The first-order valence-corrected chi connectivity index (χ1v) is 9.46. The Morgan fingerprint density at radius 2 is 2.00 bits per heavy atom. The van der Waals surface area contributed by atoms with E-state index in [-0.39, 0.29) is 29.2 Å². The van der Waals surface area contributed by atoms with Crippen LogP contribution in [0.15, 0.2) is 35.4 Å². The predicted molar refractivity (Wildman–Crippen MR) is 99.9 cm³/mol. The highest BCUT2D eigenvalue weighted by Gasteiger charge is 2.50. The average molecular weight is 357 g/mol. The van der Waals surface area contributed by atoms with Crippen LogP contribution in [-0.2, 0) is 6.54 Å². The lowest BCUT2D eigenvalue weighted by Gasteiger charge is -2.57. The lowest BCUT2D eigenvalue weighted by molar-refractivity contribution is -0.142. The first-order valence-electron chi connectivity index (χ1n) is 9.46. The van der Waals surface area contributed by atoms with Crippen molar-refractivity contribution in [1.82, 2.24) is 14.5 Å². The second-order valence-corrected chi connectivity index (χ2v) is 8.25. The summed E-state index contributed by atoms with van der Waals surface area (Å²) < 4.78 is 1.62. The molecule has 1 aromatic carbocycles.